The van der Waals surface area contributed by atoms with E-state index in [9.17, 15) is 22.0 Å². The molecular formula is C21H28F2N4O4S. The molecule has 32 heavy (non-hydrogen) atoms. The Morgan fingerprint density at radius 3 is 2.59 bits per heavy atom. The summed E-state index contributed by atoms with van der Waals surface area (Å²) in [4.78, 5) is 16.5. The summed E-state index contributed by atoms with van der Waals surface area (Å²) in [5, 5.41) is 2.86. The summed E-state index contributed by atoms with van der Waals surface area (Å²) in [6, 6.07) is 3.30. The summed E-state index contributed by atoms with van der Waals surface area (Å²) in [7, 11) is -2.54. The number of alkyl halides is 2. The largest absolute Gasteiger partial charge is 0.444 e. The van der Waals surface area contributed by atoms with E-state index in [4.69, 9.17) is 4.74 Å². The molecule has 11 heteroatoms. The maximum absolute atomic E-state index is 13.4. The molecule has 1 aromatic heterocycles. The Morgan fingerprint density at radius 2 is 2.03 bits per heavy atom. The Labute approximate surface area is 186 Å². The second-order valence-electron chi connectivity index (χ2n) is 9.55. The number of anilines is 2. The molecule has 1 N–H and O–H groups in total. The number of fused-ring (bicyclic) bond motifs is 1. The van der Waals surface area contributed by atoms with Crippen LogP contribution in [0.4, 0.5) is 25.1 Å². The van der Waals surface area contributed by atoms with Gasteiger partial charge < -0.3 is 10.1 Å². The number of halogens is 2. The monoisotopic (exact) mass is 470 g/mol. The molecule has 1 saturated carbocycles. The molecule has 1 amide bonds. The van der Waals surface area contributed by atoms with E-state index in [0.717, 1.165) is 14.2 Å². The van der Waals surface area contributed by atoms with Gasteiger partial charge in [0.15, 0.2) is 5.82 Å². The van der Waals surface area contributed by atoms with Crippen molar-refractivity contribution in [2.45, 2.75) is 64.0 Å². The number of hydrogen-bond donors (Lipinski definition) is 1. The number of nitrogens with zero attached hydrogens (tertiary/aromatic N) is 3. The molecule has 0 radical (unpaired) electrons. The van der Waals surface area contributed by atoms with Gasteiger partial charge in [-0.2, -0.15) is 8.42 Å². The molecule has 0 spiro atoms. The SMILES string of the molecule is CN1c2nc(C3=CCC(NC(=O)OC(C)(C)C)CC3)ccc2N(CC2CC2(F)F)S1(=O)=O. The lowest BCUT2D eigenvalue weighted by Crippen LogP contribution is -2.39. The molecule has 3 aliphatic rings. The van der Waals surface area contributed by atoms with E-state index in [-0.39, 0.29) is 24.8 Å². The van der Waals surface area contributed by atoms with Crippen molar-refractivity contribution in [2.24, 2.45) is 5.92 Å². The predicted octanol–water partition coefficient (Wildman–Crippen LogP) is 3.70. The highest BCUT2D eigenvalue weighted by molar-refractivity contribution is 7.94. The van der Waals surface area contributed by atoms with Crippen molar-refractivity contribution >= 4 is 33.4 Å². The highest BCUT2D eigenvalue weighted by Crippen LogP contribution is 2.51. The van der Waals surface area contributed by atoms with Crippen LogP contribution in [0.1, 0.15) is 52.1 Å². The number of pyridine rings is 1. The third-order valence-corrected chi connectivity index (χ3v) is 7.62. The van der Waals surface area contributed by atoms with Gasteiger partial charge in [-0.15, -0.1) is 0 Å². The van der Waals surface area contributed by atoms with Crippen molar-refractivity contribution in [3.63, 3.8) is 0 Å². The van der Waals surface area contributed by atoms with Crippen LogP contribution in [0.3, 0.4) is 0 Å². The summed E-state index contributed by atoms with van der Waals surface area (Å²) in [6.45, 7) is 5.16. The quantitative estimate of drug-likeness (QED) is 0.725. The van der Waals surface area contributed by atoms with Crippen LogP contribution in [0.25, 0.3) is 5.57 Å². The molecule has 4 rings (SSSR count). The lowest BCUT2D eigenvalue weighted by atomic mass is 9.93. The first kappa shape index (κ1) is 22.8. The minimum atomic E-state index is -3.92. The number of carbonyl (C=O) groups is 1. The molecule has 176 valence electrons. The molecule has 0 saturated heterocycles. The average molecular weight is 471 g/mol. The second kappa shape index (κ2) is 7.57. The van der Waals surface area contributed by atoms with E-state index in [2.05, 4.69) is 10.3 Å². The summed E-state index contributed by atoms with van der Waals surface area (Å²) in [5.74, 6) is -3.53. The van der Waals surface area contributed by atoms with Crippen molar-refractivity contribution in [3.8, 4) is 0 Å². The molecule has 1 aliphatic heterocycles. The van der Waals surface area contributed by atoms with Crippen LogP contribution in [-0.2, 0) is 14.9 Å². The third-order valence-electron chi connectivity index (χ3n) is 5.85. The van der Waals surface area contributed by atoms with Crippen molar-refractivity contribution in [3.05, 3.63) is 23.9 Å². The zero-order valence-corrected chi connectivity index (χ0v) is 19.4. The Bertz CT molecular complexity index is 1070. The topological polar surface area (TPSA) is 91.8 Å². The molecule has 8 nitrogen and oxygen atoms in total. The molecule has 1 fully saturated rings. The van der Waals surface area contributed by atoms with E-state index in [0.29, 0.717) is 30.6 Å². The fraction of sp³-hybridized carbons (Fsp3) is 0.619. The van der Waals surface area contributed by atoms with Crippen LogP contribution >= 0.6 is 0 Å². The fourth-order valence-electron chi connectivity index (χ4n) is 3.96. The smallest absolute Gasteiger partial charge is 0.407 e. The Hall–Kier alpha value is -2.43. The molecule has 0 aromatic carbocycles. The van der Waals surface area contributed by atoms with Crippen LogP contribution < -0.4 is 13.9 Å². The highest BCUT2D eigenvalue weighted by Gasteiger charge is 2.59. The Kier molecular flexibility index (Phi) is 5.38. The number of allylic oxidation sites excluding steroid dienone is 1. The zero-order valence-electron chi connectivity index (χ0n) is 18.6. The Morgan fingerprint density at radius 1 is 1.34 bits per heavy atom. The number of nitrogens with one attached hydrogen (secondary N) is 1. The van der Waals surface area contributed by atoms with Gasteiger partial charge >= 0.3 is 16.3 Å². The second-order valence-corrected chi connectivity index (χ2v) is 11.4. The van der Waals surface area contributed by atoms with Gasteiger partial charge in [0, 0.05) is 32.0 Å². The molecule has 2 atom stereocenters. The normalized spacial score (nSPS) is 25.8. The summed E-state index contributed by atoms with van der Waals surface area (Å²) < 4.78 is 59.6. The number of rotatable bonds is 4. The van der Waals surface area contributed by atoms with Gasteiger partial charge in [-0.25, -0.2) is 27.2 Å². The van der Waals surface area contributed by atoms with E-state index in [1.54, 1.807) is 32.9 Å². The number of carbonyl (C=O) groups excluding carboxylic acids is 1. The molecule has 2 unspecified atom stereocenters. The number of amides is 1. The van der Waals surface area contributed by atoms with Crippen molar-refractivity contribution in [1.82, 2.24) is 10.3 Å². The Balaban J connectivity index is 1.47. The van der Waals surface area contributed by atoms with Gasteiger partial charge in [-0.3, -0.25) is 0 Å². The minimum Gasteiger partial charge on any atom is -0.444 e. The summed E-state index contributed by atoms with van der Waals surface area (Å²) in [5.41, 5.74) is 1.34. The van der Waals surface area contributed by atoms with Crippen molar-refractivity contribution in [1.29, 1.82) is 0 Å². The fourth-order valence-corrected chi connectivity index (χ4v) is 5.37. The number of alkyl carbamates (subject to hydrolysis) is 1. The number of ether oxygens (including phenoxy) is 1. The third kappa shape index (κ3) is 4.39. The van der Waals surface area contributed by atoms with E-state index >= 15 is 0 Å². The number of aromatic nitrogens is 1. The van der Waals surface area contributed by atoms with Gasteiger partial charge in [-0.05, 0) is 57.7 Å². The van der Waals surface area contributed by atoms with E-state index < -0.39 is 33.7 Å². The maximum atomic E-state index is 13.4. The van der Waals surface area contributed by atoms with Crippen molar-refractivity contribution in [2.75, 3.05) is 22.2 Å². The first-order chi connectivity index (χ1) is 14.8. The lowest BCUT2D eigenvalue weighted by Gasteiger charge is -2.25. The molecule has 1 aromatic rings. The van der Waals surface area contributed by atoms with Crippen LogP contribution in [0.5, 0.6) is 0 Å². The van der Waals surface area contributed by atoms with Gasteiger partial charge in [0.05, 0.1) is 11.4 Å². The molecule has 2 heterocycles. The van der Waals surface area contributed by atoms with Crippen LogP contribution in [0, 0.1) is 5.92 Å². The first-order valence-electron chi connectivity index (χ1n) is 10.6. The van der Waals surface area contributed by atoms with Gasteiger partial charge in [0.2, 0.25) is 0 Å². The van der Waals surface area contributed by atoms with E-state index in [1.165, 1.54) is 7.05 Å². The maximum Gasteiger partial charge on any atom is 0.407 e. The van der Waals surface area contributed by atoms with Gasteiger partial charge in [-0.1, -0.05) is 6.08 Å². The van der Waals surface area contributed by atoms with Crippen molar-refractivity contribution < 1.29 is 26.7 Å². The predicted molar refractivity (Wildman–Crippen MR) is 117 cm³/mol. The zero-order chi connectivity index (χ0) is 23.5. The molecular weight excluding hydrogens is 442 g/mol. The average Bonchev–Trinajstić information content (AvgIpc) is 3.24. The van der Waals surface area contributed by atoms with Crippen LogP contribution in [0.15, 0.2) is 18.2 Å². The summed E-state index contributed by atoms with van der Waals surface area (Å²) in [6.07, 6.45) is 3.18. The molecule has 2 aliphatic carbocycles. The summed E-state index contributed by atoms with van der Waals surface area (Å²) >= 11 is 0. The van der Waals surface area contributed by atoms with Gasteiger partial charge in [0.1, 0.15) is 5.60 Å². The standard InChI is InChI=1S/C21H28F2N4O4S/c1-20(2,3)31-19(28)24-15-7-5-13(6-8-15)16-9-10-17-18(25-16)26(4)32(29,30)27(17)12-14-11-21(14,22)23/h5,9-10,14-15H,6-8,11-12H2,1-4H3,(H,24,28). The minimum absolute atomic E-state index is 0.0539. The lowest BCUT2D eigenvalue weighted by molar-refractivity contribution is 0.0501. The van der Waals surface area contributed by atoms with Gasteiger partial charge in [0.25, 0.3) is 5.92 Å². The van der Waals surface area contributed by atoms with Crippen LogP contribution in [-0.4, -0.2) is 50.7 Å². The first-order valence-corrected chi connectivity index (χ1v) is 12.0. The van der Waals surface area contributed by atoms with Crippen LogP contribution in [0.2, 0.25) is 0 Å². The van der Waals surface area contributed by atoms with E-state index in [1.807, 2.05) is 6.08 Å². The number of hydrogen-bond acceptors (Lipinski definition) is 5. The molecule has 0 bridgehead atoms. The highest BCUT2D eigenvalue weighted by atomic mass is 32.2.